The van der Waals surface area contributed by atoms with Crippen LogP contribution in [-0.2, 0) is 4.74 Å². The predicted octanol–water partition coefficient (Wildman–Crippen LogP) is 4.59. The van der Waals surface area contributed by atoms with Gasteiger partial charge in [-0.3, -0.25) is 4.79 Å². The van der Waals surface area contributed by atoms with Crippen LogP contribution in [0.2, 0.25) is 0 Å². The predicted molar refractivity (Wildman–Crippen MR) is 139 cm³/mol. The van der Waals surface area contributed by atoms with E-state index < -0.39 is 5.91 Å². The second-order valence-corrected chi connectivity index (χ2v) is 9.48. The number of benzene rings is 2. The number of carbonyl (C=O) groups is 1. The number of nitrogens with zero attached hydrogens (tertiary/aromatic N) is 1. The maximum atomic E-state index is 11.6. The number of anilines is 2. The molecular formula is C26H32N4O4S. The lowest BCUT2D eigenvalue weighted by Crippen LogP contribution is -2.37. The van der Waals surface area contributed by atoms with Crippen LogP contribution in [0.15, 0.2) is 47.8 Å². The zero-order valence-corrected chi connectivity index (χ0v) is 20.9. The molecule has 1 fully saturated rings. The van der Waals surface area contributed by atoms with Crippen LogP contribution in [0.1, 0.15) is 37.0 Å². The molecule has 3 aromatic rings. The topological polar surface area (TPSA) is 108 Å². The standard InChI is InChI=1S/C26H32N4O4S/c1-17(2)34-24-8-5-19(25(27)31)15-22(24)29-26-30-23(16-35-26)18-3-6-21(7-4-18)33-14-11-28-20-9-12-32-13-10-20/h3-8,15-17,20,28H,9-14H2,1-2H3,(H2,27,31)(H,29,30). The summed E-state index contributed by atoms with van der Waals surface area (Å²) in [7, 11) is 0. The van der Waals surface area contributed by atoms with Crippen LogP contribution in [-0.4, -0.2) is 49.4 Å². The monoisotopic (exact) mass is 496 g/mol. The van der Waals surface area contributed by atoms with Crippen LogP contribution in [0.3, 0.4) is 0 Å². The molecule has 0 aliphatic carbocycles. The van der Waals surface area contributed by atoms with Crippen LogP contribution in [0, 0.1) is 0 Å². The molecule has 1 aliphatic heterocycles. The molecule has 0 saturated carbocycles. The Bertz CT molecular complexity index is 1110. The lowest BCUT2D eigenvalue weighted by Gasteiger charge is -2.23. The first kappa shape index (κ1) is 25.0. The molecule has 9 heteroatoms. The average Bonchev–Trinajstić information content (AvgIpc) is 3.32. The normalized spacial score (nSPS) is 14.1. The first-order valence-corrected chi connectivity index (χ1v) is 12.7. The number of hydrogen-bond acceptors (Lipinski definition) is 8. The highest BCUT2D eigenvalue weighted by Crippen LogP contribution is 2.33. The summed E-state index contributed by atoms with van der Waals surface area (Å²) in [6.07, 6.45) is 2.10. The van der Waals surface area contributed by atoms with Gasteiger partial charge in [-0.2, -0.15) is 0 Å². The molecule has 1 aromatic heterocycles. The lowest BCUT2D eigenvalue weighted by molar-refractivity contribution is 0.0770. The molecule has 1 amide bonds. The van der Waals surface area contributed by atoms with E-state index in [1.807, 2.05) is 43.5 Å². The summed E-state index contributed by atoms with van der Waals surface area (Å²) < 4.78 is 17.1. The first-order valence-electron chi connectivity index (χ1n) is 11.9. The van der Waals surface area contributed by atoms with Crippen molar-refractivity contribution in [2.24, 2.45) is 5.73 Å². The smallest absolute Gasteiger partial charge is 0.248 e. The number of primary amides is 1. The summed E-state index contributed by atoms with van der Waals surface area (Å²) in [6, 6.07) is 13.5. The van der Waals surface area contributed by atoms with Crippen LogP contribution >= 0.6 is 11.3 Å². The highest BCUT2D eigenvalue weighted by molar-refractivity contribution is 7.14. The number of rotatable bonds is 11. The molecule has 0 atom stereocenters. The molecule has 1 saturated heterocycles. The van der Waals surface area contributed by atoms with Crippen molar-refractivity contribution in [3.05, 3.63) is 53.4 Å². The minimum absolute atomic E-state index is 0.0137. The van der Waals surface area contributed by atoms with Crippen molar-refractivity contribution in [3.8, 4) is 22.8 Å². The minimum Gasteiger partial charge on any atom is -0.492 e. The summed E-state index contributed by atoms with van der Waals surface area (Å²) in [5, 5.41) is 9.46. The number of hydrogen-bond donors (Lipinski definition) is 3. The van der Waals surface area contributed by atoms with Gasteiger partial charge >= 0.3 is 0 Å². The molecule has 0 unspecified atom stereocenters. The van der Waals surface area contributed by atoms with E-state index in [1.54, 1.807) is 18.2 Å². The third-order valence-electron chi connectivity index (χ3n) is 5.55. The Morgan fingerprint density at radius 2 is 1.97 bits per heavy atom. The largest absolute Gasteiger partial charge is 0.492 e. The van der Waals surface area contributed by atoms with Crippen molar-refractivity contribution in [2.75, 3.05) is 31.7 Å². The van der Waals surface area contributed by atoms with Gasteiger partial charge in [0.2, 0.25) is 5.91 Å². The quantitative estimate of drug-likeness (QED) is 0.333. The van der Waals surface area contributed by atoms with Crippen molar-refractivity contribution in [1.82, 2.24) is 10.3 Å². The van der Waals surface area contributed by atoms with E-state index in [9.17, 15) is 4.79 Å². The molecule has 0 radical (unpaired) electrons. The van der Waals surface area contributed by atoms with Crippen molar-refractivity contribution in [1.29, 1.82) is 0 Å². The Balaban J connectivity index is 1.35. The SMILES string of the molecule is CC(C)Oc1ccc(C(N)=O)cc1Nc1nc(-c2ccc(OCCNC3CCOCC3)cc2)cs1. The number of aromatic nitrogens is 1. The zero-order chi connectivity index (χ0) is 24.6. The summed E-state index contributed by atoms with van der Waals surface area (Å²) >= 11 is 1.47. The zero-order valence-electron chi connectivity index (χ0n) is 20.1. The van der Waals surface area contributed by atoms with Gasteiger partial charge in [0.15, 0.2) is 5.13 Å². The summed E-state index contributed by atoms with van der Waals surface area (Å²) in [5.41, 5.74) is 8.34. The molecule has 2 heterocycles. The highest BCUT2D eigenvalue weighted by Gasteiger charge is 2.14. The second kappa shape index (κ2) is 12.0. The number of thiazole rings is 1. The fraction of sp³-hybridized carbons (Fsp3) is 0.385. The van der Waals surface area contributed by atoms with Crippen LogP contribution in [0.5, 0.6) is 11.5 Å². The molecule has 4 rings (SSSR count). The van der Waals surface area contributed by atoms with Gasteiger partial charge in [0.25, 0.3) is 0 Å². The van der Waals surface area contributed by atoms with Gasteiger partial charge in [0.05, 0.1) is 17.5 Å². The Hall–Kier alpha value is -3.14. The van der Waals surface area contributed by atoms with Crippen molar-refractivity contribution < 1.29 is 19.0 Å². The van der Waals surface area contributed by atoms with Crippen LogP contribution < -0.4 is 25.8 Å². The third-order valence-corrected chi connectivity index (χ3v) is 6.31. The molecule has 35 heavy (non-hydrogen) atoms. The van der Waals surface area contributed by atoms with Gasteiger partial charge in [0.1, 0.15) is 18.1 Å². The molecule has 8 nitrogen and oxygen atoms in total. The van der Waals surface area contributed by atoms with E-state index in [2.05, 4.69) is 10.6 Å². The summed E-state index contributed by atoms with van der Waals surface area (Å²) in [6.45, 7) is 6.99. The number of nitrogens with two attached hydrogens (primary N) is 1. The van der Waals surface area contributed by atoms with E-state index in [1.165, 1.54) is 11.3 Å². The van der Waals surface area contributed by atoms with Gasteiger partial charge in [-0.1, -0.05) is 0 Å². The van der Waals surface area contributed by atoms with Crippen LogP contribution in [0.25, 0.3) is 11.3 Å². The maximum absolute atomic E-state index is 11.6. The number of nitrogens with one attached hydrogen (secondary N) is 2. The molecule has 186 valence electrons. The Kier molecular flexibility index (Phi) is 8.57. The third kappa shape index (κ3) is 7.17. The number of ether oxygens (including phenoxy) is 3. The molecule has 2 aromatic carbocycles. The second-order valence-electron chi connectivity index (χ2n) is 8.62. The molecule has 0 spiro atoms. The van der Waals surface area contributed by atoms with E-state index in [0.29, 0.717) is 34.8 Å². The van der Waals surface area contributed by atoms with E-state index >= 15 is 0 Å². The van der Waals surface area contributed by atoms with Crippen molar-refractivity contribution in [3.63, 3.8) is 0 Å². The van der Waals surface area contributed by atoms with Gasteiger partial charge in [-0.05, 0) is 69.2 Å². The first-order chi connectivity index (χ1) is 17.0. The molecule has 0 bridgehead atoms. The minimum atomic E-state index is -0.495. The lowest BCUT2D eigenvalue weighted by atomic mass is 10.1. The fourth-order valence-corrected chi connectivity index (χ4v) is 4.50. The average molecular weight is 497 g/mol. The Labute approximate surface area is 209 Å². The van der Waals surface area contributed by atoms with E-state index in [4.69, 9.17) is 24.9 Å². The van der Waals surface area contributed by atoms with Crippen molar-refractivity contribution >= 4 is 28.1 Å². The summed E-state index contributed by atoms with van der Waals surface area (Å²) in [5.74, 6) is 0.968. The van der Waals surface area contributed by atoms with Gasteiger partial charge in [-0.15, -0.1) is 11.3 Å². The van der Waals surface area contributed by atoms with Crippen LogP contribution in [0.4, 0.5) is 10.8 Å². The van der Waals surface area contributed by atoms with E-state index in [0.717, 1.165) is 49.6 Å². The Morgan fingerprint density at radius 3 is 2.69 bits per heavy atom. The Morgan fingerprint density at radius 1 is 1.20 bits per heavy atom. The highest BCUT2D eigenvalue weighted by atomic mass is 32.1. The van der Waals surface area contributed by atoms with Gasteiger partial charge in [-0.25, -0.2) is 4.98 Å². The van der Waals surface area contributed by atoms with Crippen molar-refractivity contribution in [2.45, 2.75) is 38.8 Å². The maximum Gasteiger partial charge on any atom is 0.248 e. The van der Waals surface area contributed by atoms with Gasteiger partial charge < -0.3 is 30.6 Å². The molecule has 4 N–H and O–H groups in total. The van der Waals surface area contributed by atoms with Gasteiger partial charge in [0, 0.05) is 42.3 Å². The molecular weight excluding hydrogens is 464 g/mol. The van der Waals surface area contributed by atoms with E-state index in [-0.39, 0.29) is 6.10 Å². The number of carbonyl (C=O) groups excluding carboxylic acids is 1. The number of amides is 1. The molecule has 1 aliphatic rings. The fourth-order valence-electron chi connectivity index (χ4n) is 3.77. The summed E-state index contributed by atoms with van der Waals surface area (Å²) in [4.78, 5) is 16.3.